The topological polar surface area (TPSA) is 105 Å². The van der Waals surface area contributed by atoms with Crippen molar-refractivity contribution in [2.45, 2.75) is 6.54 Å². The van der Waals surface area contributed by atoms with Crippen molar-refractivity contribution in [2.75, 3.05) is 21.3 Å². The second-order valence-electron chi connectivity index (χ2n) is 4.38. The molecular formula is C14H17N3O5. The van der Waals surface area contributed by atoms with Crippen molar-refractivity contribution in [2.24, 2.45) is 0 Å². The van der Waals surface area contributed by atoms with Crippen LogP contribution in [0.25, 0.3) is 0 Å². The van der Waals surface area contributed by atoms with Gasteiger partial charge in [-0.05, 0) is 12.1 Å². The highest BCUT2D eigenvalue weighted by atomic mass is 16.5. The Balaban J connectivity index is 2.20. The molecule has 0 saturated carbocycles. The number of hydrogen-bond donors (Lipinski definition) is 3. The first-order valence-electron chi connectivity index (χ1n) is 6.43. The Morgan fingerprint density at radius 3 is 2.14 bits per heavy atom. The molecule has 118 valence electrons. The van der Waals surface area contributed by atoms with E-state index < -0.39 is 0 Å². The molecule has 3 N–H and O–H groups in total. The summed E-state index contributed by atoms with van der Waals surface area (Å²) in [6, 6.07) is 4.47. The zero-order chi connectivity index (χ0) is 16.1. The minimum atomic E-state index is -0.332. The van der Waals surface area contributed by atoms with Crippen molar-refractivity contribution in [3.63, 3.8) is 0 Å². The molecule has 1 amide bonds. The van der Waals surface area contributed by atoms with E-state index in [1.165, 1.54) is 27.4 Å². The maximum atomic E-state index is 12.2. The SMILES string of the molecule is COc1cc(C(=O)NCc2cc(=O)[nH][nH]2)cc(OC)c1OC. The number of H-pyrrole nitrogens is 2. The molecule has 8 nitrogen and oxygen atoms in total. The summed E-state index contributed by atoms with van der Waals surface area (Å²) in [5.74, 6) is 0.863. The maximum absolute atomic E-state index is 12.2. The molecule has 0 aliphatic rings. The number of ether oxygens (including phenoxy) is 3. The third kappa shape index (κ3) is 3.22. The van der Waals surface area contributed by atoms with Gasteiger partial charge in [0.05, 0.1) is 33.6 Å². The number of hydrogen-bond acceptors (Lipinski definition) is 5. The molecule has 1 aromatic heterocycles. The van der Waals surface area contributed by atoms with E-state index in [-0.39, 0.29) is 18.0 Å². The molecule has 0 unspecified atom stereocenters. The molecule has 8 heteroatoms. The molecule has 1 aromatic carbocycles. The number of methoxy groups -OCH3 is 3. The van der Waals surface area contributed by atoms with Crippen LogP contribution in [0.1, 0.15) is 16.1 Å². The van der Waals surface area contributed by atoms with Gasteiger partial charge in [0.25, 0.3) is 11.5 Å². The Bertz CT molecular complexity index is 694. The lowest BCUT2D eigenvalue weighted by atomic mass is 10.1. The van der Waals surface area contributed by atoms with Gasteiger partial charge in [-0.3, -0.25) is 14.7 Å². The van der Waals surface area contributed by atoms with Gasteiger partial charge >= 0.3 is 0 Å². The van der Waals surface area contributed by atoms with Gasteiger partial charge in [0, 0.05) is 11.6 Å². The van der Waals surface area contributed by atoms with E-state index in [4.69, 9.17) is 14.2 Å². The van der Waals surface area contributed by atoms with Crippen molar-refractivity contribution in [1.29, 1.82) is 0 Å². The average molecular weight is 307 g/mol. The smallest absolute Gasteiger partial charge is 0.264 e. The second kappa shape index (κ2) is 6.70. The number of rotatable bonds is 6. The van der Waals surface area contributed by atoms with Gasteiger partial charge < -0.3 is 24.6 Å². The molecule has 0 bridgehead atoms. The first-order valence-corrected chi connectivity index (χ1v) is 6.43. The van der Waals surface area contributed by atoms with Crippen LogP contribution in [0.4, 0.5) is 0 Å². The van der Waals surface area contributed by atoms with Gasteiger partial charge in [0.15, 0.2) is 11.5 Å². The van der Waals surface area contributed by atoms with Gasteiger partial charge in [0.1, 0.15) is 0 Å². The summed E-state index contributed by atoms with van der Waals surface area (Å²) in [6.07, 6.45) is 0. The summed E-state index contributed by atoms with van der Waals surface area (Å²) >= 11 is 0. The van der Waals surface area contributed by atoms with Crippen LogP contribution in [0.3, 0.4) is 0 Å². The van der Waals surface area contributed by atoms with E-state index in [2.05, 4.69) is 15.5 Å². The second-order valence-corrected chi connectivity index (χ2v) is 4.38. The van der Waals surface area contributed by atoms with E-state index >= 15 is 0 Å². The Morgan fingerprint density at radius 1 is 1.05 bits per heavy atom. The normalized spacial score (nSPS) is 10.1. The number of aromatic amines is 2. The highest BCUT2D eigenvalue weighted by Gasteiger charge is 2.16. The lowest BCUT2D eigenvalue weighted by Gasteiger charge is -2.14. The van der Waals surface area contributed by atoms with E-state index in [9.17, 15) is 9.59 Å². The Morgan fingerprint density at radius 2 is 1.68 bits per heavy atom. The van der Waals surface area contributed by atoms with Crippen LogP contribution in [-0.4, -0.2) is 37.4 Å². The highest BCUT2D eigenvalue weighted by molar-refractivity contribution is 5.95. The summed E-state index contributed by atoms with van der Waals surface area (Å²) in [5.41, 5.74) is 0.676. The fourth-order valence-electron chi connectivity index (χ4n) is 1.96. The first kappa shape index (κ1) is 15.5. The minimum Gasteiger partial charge on any atom is -0.493 e. The van der Waals surface area contributed by atoms with Crippen LogP contribution in [0, 0.1) is 0 Å². The summed E-state index contributed by atoms with van der Waals surface area (Å²) in [4.78, 5) is 23.2. The van der Waals surface area contributed by atoms with Crippen LogP contribution < -0.4 is 25.1 Å². The van der Waals surface area contributed by atoms with Crippen molar-refractivity contribution >= 4 is 5.91 Å². The van der Waals surface area contributed by atoms with Crippen molar-refractivity contribution in [3.05, 3.63) is 39.8 Å². The number of carbonyl (C=O) groups is 1. The summed E-state index contributed by atoms with van der Waals surface area (Å²) in [6.45, 7) is 0.189. The van der Waals surface area contributed by atoms with Gasteiger partial charge in [-0.2, -0.15) is 0 Å². The molecule has 2 rings (SSSR count). The zero-order valence-electron chi connectivity index (χ0n) is 12.5. The summed E-state index contributed by atoms with van der Waals surface area (Å²) in [5, 5.41) is 7.74. The fraction of sp³-hybridized carbons (Fsp3) is 0.286. The summed E-state index contributed by atoms with van der Waals surface area (Å²) < 4.78 is 15.6. The van der Waals surface area contributed by atoms with E-state index in [1.54, 1.807) is 12.1 Å². The monoisotopic (exact) mass is 307 g/mol. The quantitative estimate of drug-likeness (QED) is 0.727. The molecule has 0 spiro atoms. The van der Waals surface area contributed by atoms with Crippen LogP contribution in [-0.2, 0) is 6.54 Å². The number of carbonyl (C=O) groups excluding carboxylic acids is 1. The maximum Gasteiger partial charge on any atom is 0.264 e. The zero-order valence-corrected chi connectivity index (χ0v) is 12.5. The molecule has 0 radical (unpaired) electrons. The molecule has 0 aliphatic heterocycles. The summed E-state index contributed by atoms with van der Waals surface area (Å²) in [7, 11) is 4.44. The van der Waals surface area contributed by atoms with Gasteiger partial charge in [0.2, 0.25) is 5.75 Å². The van der Waals surface area contributed by atoms with Gasteiger partial charge in [-0.1, -0.05) is 0 Å². The van der Waals surface area contributed by atoms with E-state index in [0.717, 1.165) is 0 Å². The lowest BCUT2D eigenvalue weighted by molar-refractivity contribution is 0.0949. The average Bonchev–Trinajstić information content (AvgIpc) is 2.96. The van der Waals surface area contributed by atoms with E-state index in [0.29, 0.717) is 28.5 Å². The number of nitrogens with one attached hydrogen (secondary N) is 3. The van der Waals surface area contributed by atoms with Gasteiger partial charge in [-0.25, -0.2) is 0 Å². The van der Waals surface area contributed by atoms with Crippen molar-refractivity contribution in [3.8, 4) is 17.2 Å². The number of benzene rings is 1. The molecule has 0 fully saturated rings. The molecule has 2 aromatic rings. The van der Waals surface area contributed by atoms with Crippen molar-refractivity contribution in [1.82, 2.24) is 15.5 Å². The largest absolute Gasteiger partial charge is 0.493 e. The third-order valence-corrected chi connectivity index (χ3v) is 3.02. The highest BCUT2D eigenvalue weighted by Crippen LogP contribution is 2.38. The molecule has 0 atom stereocenters. The standard InChI is InChI=1S/C14H17N3O5/c1-20-10-4-8(5-11(21-2)13(10)22-3)14(19)15-7-9-6-12(18)17-16-9/h4-6H,7H2,1-3H3,(H,15,19)(H2,16,17,18). The molecule has 1 heterocycles. The number of aromatic nitrogens is 2. The fourth-order valence-corrected chi connectivity index (χ4v) is 1.96. The predicted molar refractivity (Wildman–Crippen MR) is 78.7 cm³/mol. The molecular weight excluding hydrogens is 290 g/mol. The Hall–Kier alpha value is -2.90. The first-order chi connectivity index (χ1) is 10.6. The third-order valence-electron chi connectivity index (χ3n) is 3.02. The van der Waals surface area contributed by atoms with Crippen LogP contribution >= 0.6 is 0 Å². The number of amides is 1. The minimum absolute atomic E-state index is 0.189. The Labute approximate surface area is 126 Å². The predicted octanol–water partition coefficient (Wildman–Crippen LogP) is 0.659. The lowest BCUT2D eigenvalue weighted by Crippen LogP contribution is -2.23. The van der Waals surface area contributed by atoms with Crippen molar-refractivity contribution < 1.29 is 19.0 Å². The van der Waals surface area contributed by atoms with Crippen LogP contribution in [0.15, 0.2) is 23.0 Å². The Kier molecular flexibility index (Phi) is 4.72. The van der Waals surface area contributed by atoms with Crippen LogP contribution in [0.2, 0.25) is 0 Å². The molecule has 0 aliphatic carbocycles. The van der Waals surface area contributed by atoms with E-state index in [1.807, 2.05) is 0 Å². The van der Waals surface area contributed by atoms with Gasteiger partial charge in [-0.15, -0.1) is 0 Å². The van der Waals surface area contributed by atoms with Crippen LogP contribution in [0.5, 0.6) is 17.2 Å². The molecule has 22 heavy (non-hydrogen) atoms. The molecule has 0 saturated heterocycles.